The molecule has 0 aliphatic heterocycles. The molecule has 5 N–H and O–H groups in total. The van der Waals surface area contributed by atoms with E-state index in [1.165, 1.54) is 25.4 Å². The molecule has 1 heterocycles. The van der Waals surface area contributed by atoms with Gasteiger partial charge >= 0.3 is 6.03 Å². The first-order valence-electron chi connectivity index (χ1n) is 7.86. The summed E-state index contributed by atoms with van der Waals surface area (Å²) in [4.78, 5) is 15.9. The van der Waals surface area contributed by atoms with Gasteiger partial charge < -0.3 is 20.5 Å². The number of halogens is 2. The molecule has 144 valence electrons. The number of ether oxygens (including phenoxy) is 2. The number of carbonyl (C=O) groups excluding carboxylic acids is 1. The molecule has 0 atom stereocenters. The lowest BCUT2D eigenvalue weighted by Crippen LogP contribution is -2.29. The lowest BCUT2D eigenvalue weighted by atomic mass is 10.2. The lowest BCUT2D eigenvalue weighted by molar-refractivity contribution is 0.141. The van der Waals surface area contributed by atoms with Gasteiger partial charge in [0.2, 0.25) is 5.90 Å². The highest BCUT2D eigenvalue weighted by molar-refractivity contribution is 5.97. The number of carbonyl (C=O) groups is 1. The number of urea groups is 1. The Balaban J connectivity index is 1.94. The Kier molecular flexibility index (Phi) is 7.00. The second-order valence-electron chi connectivity index (χ2n) is 5.34. The molecule has 0 fully saturated rings. The summed E-state index contributed by atoms with van der Waals surface area (Å²) in [5.41, 5.74) is 6.02. The molecule has 10 heteroatoms. The predicted octanol–water partition coefficient (Wildman–Crippen LogP) is 2.25. The third kappa shape index (κ3) is 5.61. The maximum absolute atomic E-state index is 13.5. The smallest absolute Gasteiger partial charge is 0.320 e. The Morgan fingerprint density at radius 3 is 2.63 bits per heavy atom. The molecule has 0 unspecified atom stereocenters. The number of pyridine rings is 1. The predicted molar refractivity (Wildman–Crippen MR) is 95.5 cm³/mol. The molecule has 27 heavy (non-hydrogen) atoms. The fourth-order valence-electron chi connectivity index (χ4n) is 2.06. The number of benzene rings is 1. The number of methoxy groups -OCH3 is 1. The Labute approximate surface area is 154 Å². The zero-order chi connectivity index (χ0) is 19.8. The van der Waals surface area contributed by atoms with Crippen LogP contribution in [0.25, 0.3) is 0 Å². The number of amides is 2. The summed E-state index contributed by atoms with van der Waals surface area (Å²) in [6, 6.07) is 4.06. The second kappa shape index (κ2) is 9.43. The van der Waals surface area contributed by atoms with Crippen molar-refractivity contribution in [3.05, 3.63) is 53.2 Å². The Morgan fingerprint density at radius 2 is 2.00 bits per heavy atom. The minimum atomic E-state index is -0.756. The van der Waals surface area contributed by atoms with Crippen molar-refractivity contribution in [2.75, 3.05) is 31.4 Å². The molecular weight excluding hydrogens is 360 g/mol. The number of nitrogens with two attached hydrogens (primary N) is 1. The van der Waals surface area contributed by atoms with Crippen molar-refractivity contribution >= 4 is 23.4 Å². The van der Waals surface area contributed by atoms with Gasteiger partial charge in [0, 0.05) is 30.6 Å². The molecule has 1 aromatic heterocycles. The van der Waals surface area contributed by atoms with Crippen LogP contribution in [-0.2, 0) is 16.0 Å². The summed E-state index contributed by atoms with van der Waals surface area (Å²) in [5.74, 6) is -1.58. The van der Waals surface area contributed by atoms with Crippen LogP contribution in [0.3, 0.4) is 0 Å². The molecule has 2 aromatic rings. The highest BCUT2D eigenvalue weighted by Crippen LogP contribution is 2.16. The minimum absolute atomic E-state index is 0.104. The molecule has 0 radical (unpaired) electrons. The Hall–Kier alpha value is -3.27. The summed E-state index contributed by atoms with van der Waals surface area (Å²) < 4.78 is 37.0. The molecule has 2 amide bonds. The quantitative estimate of drug-likeness (QED) is 0.334. The summed E-state index contributed by atoms with van der Waals surface area (Å²) in [6.07, 6.45) is 1.27. The number of aromatic nitrogens is 1. The van der Waals surface area contributed by atoms with Crippen molar-refractivity contribution in [2.45, 2.75) is 6.54 Å². The van der Waals surface area contributed by atoms with Gasteiger partial charge in [-0.25, -0.2) is 18.6 Å². The molecule has 0 saturated carbocycles. The molecule has 0 aliphatic rings. The summed E-state index contributed by atoms with van der Waals surface area (Å²) in [6.45, 7) is 0.164. The van der Waals surface area contributed by atoms with E-state index in [0.29, 0.717) is 6.61 Å². The van der Waals surface area contributed by atoms with Crippen LogP contribution in [0.2, 0.25) is 0 Å². The van der Waals surface area contributed by atoms with Crippen LogP contribution in [0.4, 0.5) is 25.1 Å². The summed E-state index contributed by atoms with van der Waals surface area (Å²) >= 11 is 0. The van der Waals surface area contributed by atoms with Gasteiger partial charge in [-0.1, -0.05) is 6.07 Å². The van der Waals surface area contributed by atoms with Crippen LogP contribution in [0.1, 0.15) is 11.1 Å². The molecule has 1 aromatic carbocycles. The van der Waals surface area contributed by atoms with Crippen LogP contribution < -0.4 is 16.4 Å². The normalized spacial score (nSPS) is 10.3. The Morgan fingerprint density at radius 1 is 1.30 bits per heavy atom. The van der Waals surface area contributed by atoms with Crippen molar-refractivity contribution in [1.29, 1.82) is 5.41 Å². The zero-order valence-corrected chi connectivity index (χ0v) is 14.5. The van der Waals surface area contributed by atoms with Gasteiger partial charge in [-0.15, -0.1) is 0 Å². The van der Waals surface area contributed by atoms with Gasteiger partial charge in [0.25, 0.3) is 0 Å². The van der Waals surface area contributed by atoms with Crippen LogP contribution in [-0.4, -0.2) is 37.2 Å². The van der Waals surface area contributed by atoms with Crippen LogP contribution in [0, 0.1) is 17.0 Å². The van der Waals surface area contributed by atoms with Gasteiger partial charge in [-0.3, -0.25) is 10.7 Å². The van der Waals surface area contributed by atoms with E-state index in [4.69, 9.17) is 20.6 Å². The molecule has 2 rings (SSSR count). The first-order valence-corrected chi connectivity index (χ1v) is 7.86. The van der Waals surface area contributed by atoms with Gasteiger partial charge in [0.05, 0.1) is 18.7 Å². The van der Waals surface area contributed by atoms with E-state index >= 15 is 0 Å². The Bertz CT molecular complexity index is 812. The fraction of sp³-hybridized carbons (Fsp3) is 0.235. The first kappa shape index (κ1) is 20.0. The van der Waals surface area contributed by atoms with E-state index < -0.39 is 17.7 Å². The van der Waals surface area contributed by atoms with Crippen molar-refractivity contribution in [3.63, 3.8) is 0 Å². The largest absolute Gasteiger partial charge is 0.475 e. The maximum atomic E-state index is 13.5. The average molecular weight is 379 g/mol. The fourth-order valence-corrected chi connectivity index (χ4v) is 2.06. The molecule has 0 saturated heterocycles. The zero-order valence-electron chi connectivity index (χ0n) is 14.5. The number of nitrogen functional groups attached to an aromatic ring is 1. The van der Waals surface area contributed by atoms with E-state index in [1.807, 2.05) is 0 Å². The van der Waals surface area contributed by atoms with Gasteiger partial charge in [0.15, 0.2) is 0 Å². The molecular formula is C17H19F2N5O3. The number of rotatable bonds is 7. The van der Waals surface area contributed by atoms with Gasteiger partial charge in [0.1, 0.15) is 24.1 Å². The third-order valence-corrected chi connectivity index (χ3v) is 3.44. The van der Waals surface area contributed by atoms with Crippen molar-refractivity contribution in [2.24, 2.45) is 0 Å². The molecule has 8 nitrogen and oxygen atoms in total. The monoisotopic (exact) mass is 379 g/mol. The standard InChI is InChI=1S/C17H19F2N5O3/c1-26-5-6-27-16(21)11-9-22-15(7-14(11)20)24-17(25)23-8-10-12(18)3-2-4-13(10)19/h2-4,7,9,21H,5-6,8H2,1H3,(H4,20,22,23,24,25). The first-order chi connectivity index (χ1) is 12.9. The SMILES string of the molecule is COCCOC(=N)c1cnc(NC(=O)NCc2c(F)cccc2F)cc1N. The van der Waals surface area contributed by atoms with Gasteiger partial charge in [-0.2, -0.15) is 0 Å². The van der Waals surface area contributed by atoms with Crippen LogP contribution in [0.15, 0.2) is 30.5 Å². The second-order valence-corrected chi connectivity index (χ2v) is 5.34. The highest BCUT2D eigenvalue weighted by atomic mass is 19.1. The van der Waals surface area contributed by atoms with Crippen molar-refractivity contribution in [3.8, 4) is 0 Å². The third-order valence-electron chi connectivity index (χ3n) is 3.44. The molecule has 0 bridgehead atoms. The van der Waals surface area contributed by atoms with Gasteiger partial charge in [-0.05, 0) is 12.1 Å². The van der Waals surface area contributed by atoms with Crippen molar-refractivity contribution in [1.82, 2.24) is 10.3 Å². The van der Waals surface area contributed by atoms with Crippen LogP contribution >= 0.6 is 0 Å². The highest BCUT2D eigenvalue weighted by Gasteiger charge is 2.12. The van der Waals surface area contributed by atoms with Crippen LogP contribution in [0.5, 0.6) is 0 Å². The number of hydrogen-bond donors (Lipinski definition) is 4. The minimum Gasteiger partial charge on any atom is -0.475 e. The lowest BCUT2D eigenvalue weighted by Gasteiger charge is -2.11. The number of nitrogens with zero attached hydrogens (tertiary/aromatic N) is 1. The topological polar surface area (TPSA) is 122 Å². The summed E-state index contributed by atoms with van der Waals surface area (Å²) in [7, 11) is 1.51. The van der Waals surface area contributed by atoms with E-state index in [9.17, 15) is 13.6 Å². The molecule has 0 spiro atoms. The number of nitrogens with one attached hydrogen (secondary N) is 3. The molecule has 0 aliphatic carbocycles. The van der Waals surface area contributed by atoms with Crippen molar-refractivity contribution < 1.29 is 23.0 Å². The van der Waals surface area contributed by atoms with E-state index in [1.54, 1.807) is 0 Å². The average Bonchev–Trinajstić information content (AvgIpc) is 2.61. The van der Waals surface area contributed by atoms with E-state index in [2.05, 4.69) is 15.6 Å². The summed E-state index contributed by atoms with van der Waals surface area (Å²) in [5, 5.41) is 12.5. The number of hydrogen-bond acceptors (Lipinski definition) is 6. The number of anilines is 2. The maximum Gasteiger partial charge on any atom is 0.320 e. The van der Waals surface area contributed by atoms with E-state index in [-0.39, 0.29) is 41.7 Å². The van der Waals surface area contributed by atoms with E-state index in [0.717, 1.165) is 12.1 Å².